The number of hydrogen-bond acceptors (Lipinski definition) is 3. The van der Waals surface area contributed by atoms with Gasteiger partial charge in [0.1, 0.15) is 0 Å². The van der Waals surface area contributed by atoms with E-state index in [1.165, 1.54) is 11.0 Å². The van der Waals surface area contributed by atoms with Crippen molar-refractivity contribution in [2.75, 3.05) is 20.3 Å². The predicted octanol–water partition coefficient (Wildman–Crippen LogP) is 4.99. The molecule has 1 atom stereocenters. The monoisotopic (exact) mass is 377 g/mol. The Bertz CT molecular complexity index is 795. The average Bonchev–Trinajstić information content (AvgIpc) is 2.67. The highest BCUT2D eigenvalue weighted by Gasteiger charge is 2.21. The highest BCUT2D eigenvalue weighted by atomic mass is 19.2. The van der Waals surface area contributed by atoms with Crippen LogP contribution in [0, 0.1) is 11.6 Å². The topological polar surface area (TPSA) is 38.8 Å². The summed E-state index contributed by atoms with van der Waals surface area (Å²) in [5, 5.41) is 0. The maximum atomic E-state index is 13.5. The number of amides is 1. The van der Waals surface area contributed by atoms with Crippen LogP contribution in [0.3, 0.4) is 0 Å². The summed E-state index contributed by atoms with van der Waals surface area (Å²) in [6, 6.07) is 8.24. The fourth-order valence-corrected chi connectivity index (χ4v) is 2.62. The van der Waals surface area contributed by atoms with Gasteiger partial charge in [-0.1, -0.05) is 13.0 Å². The molecule has 0 saturated carbocycles. The van der Waals surface area contributed by atoms with Gasteiger partial charge in [0.25, 0.3) is 5.91 Å². The molecule has 0 spiro atoms. The Labute approximate surface area is 158 Å². The molecular weight excluding hydrogens is 352 g/mol. The normalized spacial score (nSPS) is 11.8. The Hall–Kier alpha value is -2.63. The lowest BCUT2D eigenvalue weighted by atomic mass is 10.1. The van der Waals surface area contributed by atoms with Crippen molar-refractivity contribution < 1.29 is 23.0 Å². The molecule has 146 valence electrons. The summed E-state index contributed by atoms with van der Waals surface area (Å²) in [5.41, 5.74) is 0.942. The minimum absolute atomic E-state index is 0.254. The predicted molar refractivity (Wildman–Crippen MR) is 100 cm³/mol. The molecule has 0 aliphatic heterocycles. The zero-order chi connectivity index (χ0) is 20.0. The standard InChI is InChI=1S/C21H25F2NO3/c1-5-11-27-19-10-8-16(13-20(19)26-6-2)21(25)24(4)14(3)15-7-9-17(22)18(23)12-15/h7-10,12-14H,5-6,11H2,1-4H3. The molecule has 6 heteroatoms. The van der Waals surface area contributed by atoms with Crippen LogP contribution in [0.25, 0.3) is 0 Å². The van der Waals surface area contributed by atoms with E-state index in [1.807, 2.05) is 13.8 Å². The van der Waals surface area contributed by atoms with E-state index in [4.69, 9.17) is 9.47 Å². The van der Waals surface area contributed by atoms with E-state index in [-0.39, 0.29) is 5.91 Å². The minimum Gasteiger partial charge on any atom is -0.490 e. The summed E-state index contributed by atoms with van der Waals surface area (Å²) in [5.74, 6) is -1.01. The molecule has 0 aliphatic rings. The van der Waals surface area contributed by atoms with Crippen molar-refractivity contribution in [3.05, 3.63) is 59.2 Å². The van der Waals surface area contributed by atoms with Gasteiger partial charge in [-0.3, -0.25) is 4.79 Å². The molecule has 1 amide bonds. The van der Waals surface area contributed by atoms with Crippen LogP contribution < -0.4 is 9.47 Å². The summed E-state index contributed by atoms with van der Waals surface area (Å²) in [6.45, 7) is 6.62. The third kappa shape index (κ3) is 4.96. The van der Waals surface area contributed by atoms with Crippen molar-refractivity contribution in [2.45, 2.75) is 33.2 Å². The molecule has 4 nitrogen and oxygen atoms in total. The zero-order valence-corrected chi connectivity index (χ0v) is 16.1. The Morgan fingerprint density at radius 2 is 1.78 bits per heavy atom. The molecule has 2 rings (SSSR count). The smallest absolute Gasteiger partial charge is 0.254 e. The average molecular weight is 377 g/mol. The SMILES string of the molecule is CCCOc1ccc(C(=O)N(C)C(C)c2ccc(F)c(F)c2)cc1OCC. The number of carbonyl (C=O) groups excluding carboxylic acids is 1. The highest BCUT2D eigenvalue weighted by Crippen LogP contribution is 2.30. The van der Waals surface area contributed by atoms with Crippen LogP contribution in [0.15, 0.2) is 36.4 Å². The maximum absolute atomic E-state index is 13.5. The molecule has 27 heavy (non-hydrogen) atoms. The first-order valence-electron chi connectivity index (χ1n) is 9.00. The van der Waals surface area contributed by atoms with Crippen molar-refractivity contribution in [3.8, 4) is 11.5 Å². The fraction of sp³-hybridized carbons (Fsp3) is 0.381. The molecule has 0 heterocycles. The van der Waals surface area contributed by atoms with E-state index in [1.54, 1.807) is 32.2 Å². The highest BCUT2D eigenvalue weighted by molar-refractivity contribution is 5.95. The first-order chi connectivity index (χ1) is 12.9. The van der Waals surface area contributed by atoms with Gasteiger partial charge in [0.2, 0.25) is 0 Å². The van der Waals surface area contributed by atoms with Gasteiger partial charge in [0.05, 0.1) is 19.3 Å². The number of halogens is 2. The lowest BCUT2D eigenvalue weighted by Gasteiger charge is -2.26. The van der Waals surface area contributed by atoms with Gasteiger partial charge in [0, 0.05) is 12.6 Å². The molecule has 2 aromatic rings. The number of ether oxygens (including phenoxy) is 2. The van der Waals surface area contributed by atoms with Crippen LogP contribution in [0.2, 0.25) is 0 Å². The second-order valence-corrected chi connectivity index (χ2v) is 6.21. The lowest BCUT2D eigenvalue weighted by molar-refractivity contribution is 0.0741. The van der Waals surface area contributed by atoms with Crippen LogP contribution in [0.1, 0.15) is 49.2 Å². The molecular formula is C21H25F2NO3. The van der Waals surface area contributed by atoms with E-state index in [9.17, 15) is 13.6 Å². The third-order valence-corrected chi connectivity index (χ3v) is 4.28. The second kappa shape index (κ2) is 9.35. The van der Waals surface area contributed by atoms with Crippen LogP contribution in [0.4, 0.5) is 8.78 Å². The quantitative estimate of drug-likeness (QED) is 0.651. The number of hydrogen-bond donors (Lipinski definition) is 0. The van der Waals surface area contributed by atoms with Crippen molar-refractivity contribution in [3.63, 3.8) is 0 Å². The summed E-state index contributed by atoms with van der Waals surface area (Å²) in [6.07, 6.45) is 0.862. The molecule has 2 aromatic carbocycles. The van der Waals surface area contributed by atoms with Crippen LogP contribution in [-0.2, 0) is 0 Å². The largest absolute Gasteiger partial charge is 0.490 e. The van der Waals surface area contributed by atoms with Crippen molar-refractivity contribution in [1.82, 2.24) is 4.90 Å². The van der Waals surface area contributed by atoms with E-state index in [2.05, 4.69) is 0 Å². The second-order valence-electron chi connectivity index (χ2n) is 6.21. The lowest BCUT2D eigenvalue weighted by Crippen LogP contribution is -2.29. The minimum atomic E-state index is -0.934. The summed E-state index contributed by atoms with van der Waals surface area (Å²) >= 11 is 0. The first-order valence-corrected chi connectivity index (χ1v) is 9.00. The van der Waals surface area contributed by atoms with Gasteiger partial charge in [-0.15, -0.1) is 0 Å². The summed E-state index contributed by atoms with van der Waals surface area (Å²) < 4.78 is 37.9. The van der Waals surface area contributed by atoms with E-state index in [0.717, 1.165) is 18.6 Å². The van der Waals surface area contributed by atoms with Crippen molar-refractivity contribution >= 4 is 5.91 Å². The van der Waals surface area contributed by atoms with Gasteiger partial charge >= 0.3 is 0 Å². The number of nitrogens with zero attached hydrogens (tertiary/aromatic N) is 1. The Balaban J connectivity index is 2.24. The summed E-state index contributed by atoms with van der Waals surface area (Å²) in [4.78, 5) is 14.3. The summed E-state index contributed by atoms with van der Waals surface area (Å²) in [7, 11) is 1.62. The van der Waals surface area contributed by atoms with Crippen LogP contribution in [0.5, 0.6) is 11.5 Å². The van der Waals surface area contributed by atoms with Crippen LogP contribution >= 0.6 is 0 Å². The van der Waals surface area contributed by atoms with Crippen LogP contribution in [-0.4, -0.2) is 31.1 Å². The van der Waals surface area contributed by atoms with E-state index >= 15 is 0 Å². The third-order valence-electron chi connectivity index (χ3n) is 4.28. The maximum Gasteiger partial charge on any atom is 0.254 e. The molecule has 0 saturated heterocycles. The van der Waals surface area contributed by atoms with E-state index in [0.29, 0.717) is 35.8 Å². The van der Waals surface area contributed by atoms with Gasteiger partial charge in [-0.2, -0.15) is 0 Å². The molecule has 1 unspecified atom stereocenters. The Kier molecular flexibility index (Phi) is 7.16. The van der Waals surface area contributed by atoms with Gasteiger partial charge in [-0.25, -0.2) is 8.78 Å². The number of rotatable bonds is 8. The first kappa shape index (κ1) is 20.7. The molecule has 0 aliphatic carbocycles. The van der Waals surface area contributed by atoms with Crippen molar-refractivity contribution in [1.29, 1.82) is 0 Å². The van der Waals surface area contributed by atoms with E-state index < -0.39 is 17.7 Å². The Morgan fingerprint density at radius 3 is 2.41 bits per heavy atom. The van der Waals surface area contributed by atoms with Gasteiger partial charge in [0.15, 0.2) is 23.1 Å². The van der Waals surface area contributed by atoms with Gasteiger partial charge < -0.3 is 14.4 Å². The Morgan fingerprint density at radius 1 is 1.04 bits per heavy atom. The zero-order valence-electron chi connectivity index (χ0n) is 16.1. The van der Waals surface area contributed by atoms with Crippen molar-refractivity contribution in [2.24, 2.45) is 0 Å². The molecule has 0 bridgehead atoms. The molecule has 0 fully saturated rings. The molecule has 0 radical (unpaired) electrons. The number of carbonyl (C=O) groups is 1. The number of benzene rings is 2. The van der Waals surface area contributed by atoms with Gasteiger partial charge in [-0.05, 0) is 56.2 Å². The molecule has 0 N–H and O–H groups in total. The molecule has 0 aromatic heterocycles. The fourth-order valence-electron chi connectivity index (χ4n) is 2.62.